The van der Waals surface area contributed by atoms with Crippen LogP contribution < -0.4 is 0 Å². The predicted molar refractivity (Wildman–Crippen MR) is 101 cm³/mol. The SMILES string of the molecule is CN(Cc1cn[nH]c1C(C)(C)C)C[C@@H]1CCN(C)[C@H]1c1cccnc1. The summed E-state index contributed by atoms with van der Waals surface area (Å²) >= 11 is 0. The van der Waals surface area contributed by atoms with Gasteiger partial charge in [0, 0.05) is 48.2 Å². The molecule has 5 heteroatoms. The molecular formula is C20H31N5. The first kappa shape index (κ1) is 18.1. The van der Waals surface area contributed by atoms with Crippen LogP contribution in [0.25, 0.3) is 0 Å². The van der Waals surface area contributed by atoms with E-state index in [0.717, 1.165) is 19.6 Å². The Morgan fingerprint density at radius 3 is 2.80 bits per heavy atom. The van der Waals surface area contributed by atoms with Crippen molar-refractivity contribution in [3.05, 3.63) is 47.5 Å². The van der Waals surface area contributed by atoms with E-state index in [1.54, 1.807) is 0 Å². The van der Waals surface area contributed by atoms with Gasteiger partial charge in [0.2, 0.25) is 0 Å². The minimum absolute atomic E-state index is 0.0957. The van der Waals surface area contributed by atoms with E-state index < -0.39 is 0 Å². The fourth-order valence-corrected chi connectivity index (χ4v) is 4.13. The summed E-state index contributed by atoms with van der Waals surface area (Å²) in [6.45, 7) is 9.86. The largest absolute Gasteiger partial charge is 0.302 e. The first-order chi connectivity index (χ1) is 11.9. The number of hydrogen-bond donors (Lipinski definition) is 1. The fourth-order valence-electron chi connectivity index (χ4n) is 4.13. The number of hydrogen-bond acceptors (Lipinski definition) is 4. The molecule has 0 aromatic carbocycles. The van der Waals surface area contributed by atoms with Crippen molar-refractivity contribution >= 4 is 0 Å². The maximum absolute atomic E-state index is 4.32. The number of aromatic nitrogens is 3. The van der Waals surface area contributed by atoms with Gasteiger partial charge in [0.05, 0.1) is 6.20 Å². The van der Waals surface area contributed by atoms with Crippen molar-refractivity contribution in [1.29, 1.82) is 0 Å². The van der Waals surface area contributed by atoms with Gasteiger partial charge < -0.3 is 4.90 Å². The highest BCUT2D eigenvalue weighted by molar-refractivity contribution is 5.23. The Balaban J connectivity index is 1.68. The van der Waals surface area contributed by atoms with Crippen molar-refractivity contribution in [2.24, 2.45) is 5.92 Å². The van der Waals surface area contributed by atoms with E-state index >= 15 is 0 Å². The molecular weight excluding hydrogens is 310 g/mol. The summed E-state index contributed by atoms with van der Waals surface area (Å²) in [5, 5.41) is 7.47. The zero-order valence-corrected chi connectivity index (χ0v) is 16.2. The molecule has 0 amide bonds. The van der Waals surface area contributed by atoms with E-state index in [2.05, 4.69) is 65.9 Å². The maximum atomic E-state index is 4.32. The van der Waals surface area contributed by atoms with Crippen molar-refractivity contribution < 1.29 is 0 Å². The fraction of sp³-hybridized carbons (Fsp3) is 0.600. The van der Waals surface area contributed by atoms with Crippen LogP contribution in [0.4, 0.5) is 0 Å². The molecule has 3 rings (SSSR count). The van der Waals surface area contributed by atoms with Crippen LogP contribution in [0.3, 0.4) is 0 Å². The third kappa shape index (κ3) is 4.10. The van der Waals surface area contributed by atoms with Crippen molar-refractivity contribution in [2.75, 3.05) is 27.2 Å². The number of pyridine rings is 1. The molecule has 1 saturated heterocycles. The molecule has 0 radical (unpaired) electrons. The van der Waals surface area contributed by atoms with Crippen molar-refractivity contribution in [3.8, 4) is 0 Å². The van der Waals surface area contributed by atoms with Gasteiger partial charge in [-0.15, -0.1) is 0 Å². The van der Waals surface area contributed by atoms with Crippen molar-refractivity contribution in [3.63, 3.8) is 0 Å². The van der Waals surface area contributed by atoms with Crippen molar-refractivity contribution in [1.82, 2.24) is 25.0 Å². The molecule has 25 heavy (non-hydrogen) atoms. The standard InChI is InChI=1S/C20H31N5/c1-20(2,3)19-17(12-22-23-19)14-24(4)13-16-8-10-25(5)18(16)15-7-6-9-21-11-15/h6-7,9,11-12,16,18H,8,10,13-14H2,1-5H3,(H,22,23)/t16-,18-/m0/s1. The third-order valence-corrected chi connectivity index (χ3v) is 5.25. The number of aromatic amines is 1. The lowest BCUT2D eigenvalue weighted by Crippen LogP contribution is -2.30. The molecule has 0 unspecified atom stereocenters. The van der Waals surface area contributed by atoms with Gasteiger partial charge in [-0.25, -0.2) is 0 Å². The van der Waals surface area contributed by atoms with Crippen LogP contribution in [0, 0.1) is 5.92 Å². The summed E-state index contributed by atoms with van der Waals surface area (Å²) in [7, 11) is 4.45. The average molecular weight is 342 g/mol. The molecule has 2 aromatic heterocycles. The molecule has 0 saturated carbocycles. The molecule has 1 N–H and O–H groups in total. The predicted octanol–water partition coefficient (Wildman–Crippen LogP) is 3.23. The van der Waals surface area contributed by atoms with Gasteiger partial charge in [-0.1, -0.05) is 26.8 Å². The van der Waals surface area contributed by atoms with E-state index in [-0.39, 0.29) is 5.41 Å². The maximum Gasteiger partial charge on any atom is 0.0535 e. The van der Waals surface area contributed by atoms with Crippen LogP contribution in [-0.2, 0) is 12.0 Å². The number of rotatable bonds is 5. The molecule has 5 nitrogen and oxygen atoms in total. The Labute approximate surface area is 151 Å². The van der Waals surface area contributed by atoms with Crippen LogP contribution in [0.15, 0.2) is 30.7 Å². The zero-order chi connectivity index (χ0) is 18.0. The molecule has 0 aliphatic carbocycles. The molecule has 2 atom stereocenters. The van der Waals surface area contributed by atoms with Crippen LogP contribution in [0.1, 0.15) is 50.1 Å². The topological polar surface area (TPSA) is 48.1 Å². The molecule has 1 aliphatic heterocycles. The van der Waals surface area contributed by atoms with Gasteiger partial charge in [0.25, 0.3) is 0 Å². The molecule has 3 heterocycles. The summed E-state index contributed by atoms with van der Waals surface area (Å²) in [6.07, 6.45) is 7.09. The number of H-pyrrole nitrogens is 1. The summed E-state index contributed by atoms with van der Waals surface area (Å²) in [4.78, 5) is 9.23. The molecule has 136 valence electrons. The van der Waals surface area contributed by atoms with E-state index in [4.69, 9.17) is 0 Å². The molecule has 2 aromatic rings. The van der Waals surface area contributed by atoms with E-state index in [9.17, 15) is 0 Å². The highest BCUT2D eigenvalue weighted by atomic mass is 15.2. The Morgan fingerprint density at radius 2 is 2.12 bits per heavy atom. The Kier molecular flexibility index (Phi) is 5.25. The highest BCUT2D eigenvalue weighted by Crippen LogP contribution is 2.36. The van der Waals surface area contributed by atoms with Gasteiger partial charge in [-0.2, -0.15) is 5.10 Å². The lowest BCUT2D eigenvalue weighted by molar-refractivity contribution is 0.213. The van der Waals surface area contributed by atoms with Gasteiger partial charge in [-0.05, 0) is 44.6 Å². The minimum atomic E-state index is 0.0957. The Morgan fingerprint density at radius 1 is 1.32 bits per heavy atom. The highest BCUT2D eigenvalue weighted by Gasteiger charge is 2.34. The second-order valence-electron chi connectivity index (χ2n) is 8.48. The zero-order valence-electron chi connectivity index (χ0n) is 16.2. The molecule has 1 aliphatic rings. The number of likely N-dealkylation sites (tertiary alicyclic amines) is 1. The first-order valence-electron chi connectivity index (χ1n) is 9.17. The van der Waals surface area contributed by atoms with Gasteiger partial charge >= 0.3 is 0 Å². The first-order valence-corrected chi connectivity index (χ1v) is 9.17. The monoisotopic (exact) mass is 341 g/mol. The number of nitrogens with one attached hydrogen (secondary N) is 1. The summed E-state index contributed by atoms with van der Waals surface area (Å²) < 4.78 is 0. The van der Waals surface area contributed by atoms with Gasteiger partial charge in [0.1, 0.15) is 0 Å². The average Bonchev–Trinajstić information content (AvgIpc) is 3.15. The van der Waals surface area contributed by atoms with Gasteiger partial charge in [0.15, 0.2) is 0 Å². The quantitative estimate of drug-likeness (QED) is 0.907. The lowest BCUT2D eigenvalue weighted by Gasteiger charge is -2.29. The molecule has 0 spiro atoms. The molecule has 0 bridgehead atoms. The van der Waals surface area contributed by atoms with E-state index in [0.29, 0.717) is 12.0 Å². The third-order valence-electron chi connectivity index (χ3n) is 5.25. The van der Waals surface area contributed by atoms with Crippen LogP contribution in [-0.4, -0.2) is 52.2 Å². The van der Waals surface area contributed by atoms with Gasteiger partial charge in [-0.3, -0.25) is 15.0 Å². The summed E-state index contributed by atoms with van der Waals surface area (Å²) in [5.41, 5.74) is 3.98. The second-order valence-corrected chi connectivity index (χ2v) is 8.48. The summed E-state index contributed by atoms with van der Waals surface area (Å²) in [6, 6.07) is 4.71. The van der Waals surface area contributed by atoms with Crippen molar-refractivity contribution in [2.45, 2.75) is 45.2 Å². The summed E-state index contributed by atoms with van der Waals surface area (Å²) in [5.74, 6) is 0.629. The minimum Gasteiger partial charge on any atom is -0.302 e. The Bertz CT molecular complexity index is 673. The van der Waals surface area contributed by atoms with E-state index in [1.807, 2.05) is 24.7 Å². The lowest BCUT2D eigenvalue weighted by atomic mass is 9.89. The Hall–Kier alpha value is -1.72. The van der Waals surface area contributed by atoms with E-state index in [1.165, 1.54) is 23.2 Å². The van der Waals surface area contributed by atoms with Crippen LogP contribution >= 0.6 is 0 Å². The van der Waals surface area contributed by atoms with Crippen LogP contribution in [0.2, 0.25) is 0 Å². The molecule has 1 fully saturated rings. The van der Waals surface area contributed by atoms with Crippen LogP contribution in [0.5, 0.6) is 0 Å². The normalized spacial score (nSPS) is 22.0. The second kappa shape index (κ2) is 7.26. The smallest absolute Gasteiger partial charge is 0.0535 e. The number of nitrogens with zero attached hydrogens (tertiary/aromatic N) is 4.